The molecule has 0 amide bonds. The summed E-state index contributed by atoms with van der Waals surface area (Å²) in [5, 5.41) is 3.73. The number of ether oxygens (including phenoxy) is 1. The van der Waals surface area contributed by atoms with Crippen LogP contribution < -0.4 is 0 Å². The van der Waals surface area contributed by atoms with E-state index in [2.05, 4.69) is 14.9 Å². The largest absolute Gasteiger partial charge is 0.462 e. The van der Waals surface area contributed by atoms with Crippen LogP contribution in [0.5, 0.6) is 0 Å². The number of hydrogen-bond donors (Lipinski definition) is 0. The lowest BCUT2D eigenvalue weighted by Gasteiger charge is -1.96. The summed E-state index contributed by atoms with van der Waals surface area (Å²) >= 11 is 0. The first-order valence-corrected chi connectivity index (χ1v) is 4.08. The van der Waals surface area contributed by atoms with Crippen molar-refractivity contribution < 1.29 is 14.1 Å². The highest BCUT2D eigenvalue weighted by Crippen LogP contribution is 2.45. The van der Waals surface area contributed by atoms with E-state index in [0.29, 0.717) is 5.82 Å². The van der Waals surface area contributed by atoms with Gasteiger partial charge in [-0.2, -0.15) is 4.98 Å². The number of nitrogens with zero attached hydrogens (tertiary/aromatic N) is 2. The predicted octanol–water partition coefficient (Wildman–Crippen LogP) is 0.908. The van der Waals surface area contributed by atoms with Crippen LogP contribution in [0.2, 0.25) is 0 Å². The summed E-state index contributed by atoms with van der Waals surface area (Å²) in [6.45, 7) is 2.04. The third-order valence-corrected chi connectivity index (χ3v) is 2.33. The van der Waals surface area contributed by atoms with E-state index >= 15 is 0 Å². The lowest BCUT2D eigenvalue weighted by Crippen LogP contribution is -2.05. The summed E-state index contributed by atoms with van der Waals surface area (Å²) in [4.78, 5) is 14.9. The average Bonchev–Trinajstić information content (AvgIpc) is 2.72. The summed E-state index contributed by atoms with van der Waals surface area (Å²) in [6.07, 6.45) is 2.10. The Kier molecular flexibility index (Phi) is 1.61. The highest BCUT2D eigenvalue weighted by Gasteiger charge is 2.44. The van der Waals surface area contributed by atoms with Gasteiger partial charge in [-0.05, 0) is 12.8 Å². The van der Waals surface area contributed by atoms with Gasteiger partial charge in [0, 0.05) is 5.41 Å². The van der Waals surface area contributed by atoms with Crippen LogP contribution >= 0.6 is 0 Å². The Morgan fingerprint density at radius 2 is 2.31 bits per heavy atom. The molecule has 1 aromatic heterocycles. The molecule has 5 heteroatoms. The Labute approximate surface area is 75.1 Å². The molecular weight excluding hydrogens is 172 g/mol. The normalized spacial score (nSPS) is 18.3. The van der Waals surface area contributed by atoms with Crippen molar-refractivity contribution >= 4 is 5.97 Å². The second-order valence-corrected chi connectivity index (χ2v) is 3.48. The van der Waals surface area contributed by atoms with Gasteiger partial charge in [-0.15, -0.1) is 0 Å². The number of hydrogen-bond acceptors (Lipinski definition) is 5. The first kappa shape index (κ1) is 8.22. The molecule has 0 spiro atoms. The van der Waals surface area contributed by atoms with Gasteiger partial charge < -0.3 is 9.26 Å². The Morgan fingerprint density at radius 1 is 1.62 bits per heavy atom. The summed E-state index contributed by atoms with van der Waals surface area (Å²) in [5.41, 5.74) is 0.0236. The first-order valence-electron chi connectivity index (χ1n) is 4.08. The molecule has 0 radical (unpaired) electrons. The molecule has 0 bridgehead atoms. The summed E-state index contributed by atoms with van der Waals surface area (Å²) in [5.74, 6) is -0.0403. The Balaban J connectivity index is 2.23. The summed E-state index contributed by atoms with van der Waals surface area (Å²) < 4.78 is 9.20. The number of rotatable bonds is 2. The van der Waals surface area contributed by atoms with Crippen molar-refractivity contribution in [3.63, 3.8) is 0 Å². The zero-order valence-corrected chi connectivity index (χ0v) is 7.53. The van der Waals surface area contributed by atoms with E-state index in [-0.39, 0.29) is 11.3 Å². The van der Waals surface area contributed by atoms with Gasteiger partial charge in [-0.1, -0.05) is 12.1 Å². The third-order valence-electron chi connectivity index (χ3n) is 2.33. The molecule has 0 unspecified atom stereocenters. The van der Waals surface area contributed by atoms with Crippen LogP contribution in [0.3, 0.4) is 0 Å². The zero-order valence-electron chi connectivity index (χ0n) is 7.53. The van der Waals surface area contributed by atoms with Crippen LogP contribution in [0.15, 0.2) is 4.52 Å². The fraction of sp³-hybridized carbons (Fsp3) is 0.625. The van der Waals surface area contributed by atoms with Crippen molar-refractivity contribution in [3.8, 4) is 0 Å². The van der Waals surface area contributed by atoms with E-state index in [1.165, 1.54) is 7.11 Å². The van der Waals surface area contributed by atoms with Crippen molar-refractivity contribution in [2.24, 2.45) is 0 Å². The van der Waals surface area contributed by atoms with Gasteiger partial charge in [0.15, 0.2) is 5.82 Å². The Bertz CT molecular complexity index is 341. The van der Waals surface area contributed by atoms with E-state index in [1.807, 2.05) is 6.92 Å². The number of aromatic nitrogens is 2. The van der Waals surface area contributed by atoms with Crippen molar-refractivity contribution in [2.45, 2.75) is 25.2 Å². The second-order valence-electron chi connectivity index (χ2n) is 3.48. The minimum absolute atomic E-state index is 0.0236. The molecule has 1 aliphatic rings. The minimum atomic E-state index is -0.581. The first-order chi connectivity index (χ1) is 6.15. The third kappa shape index (κ3) is 1.30. The van der Waals surface area contributed by atoms with Gasteiger partial charge in [0.2, 0.25) is 0 Å². The van der Waals surface area contributed by atoms with E-state index in [0.717, 1.165) is 12.8 Å². The molecule has 0 aromatic carbocycles. The molecule has 5 nitrogen and oxygen atoms in total. The average molecular weight is 182 g/mol. The summed E-state index contributed by atoms with van der Waals surface area (Å²) in [6, 6.07) is 0. The Morgan fingerprint density at radius 3 is 2.85 bits per heavy atom. The van der Waals surface area contributed by atoms with Gasteiger partial charge in [0.25, 0.3) is 0 Å². The smallest absolute Gasteiger partial charge is 0.397 e. The molecule has 0 saturated heterocycles. The quantitative estimate of drug-likeness (QED) is 0.636. The maximum Gasteiger partial charge on any atom is 0.397 e. The van der Waals surface area contributed by atoms with Gasteiger partial charge in [0.1, 0.15) is 0 Å². The number of methoxy groups -OCH3 is 1. The molecular formula is C8H10N2O3. The standard InChI is InChI=1S/C8H10N2O3/c1-8(3-4-8)7-9-5(13-10-7)6(11)12-2/h3-4H2,1-2H3. The van der Waals surface area contributed by atoms with Crippen LogP contribution in [0.25, 0.3) is 0 Å². The molecule has 1 heterocycles. The van der Waals surface area contributed by atoms with Crippen LogP contribution in [0, 0.1) is 0 Å². The number of carbonyl (C=O) groups excluding carboxylic acids is 1. The van der Waals surface area contributed by atoms with Crippen LogP contribution in [-0.2, 0) is 10.2 Å². The SMILES string of the molecule is COC(=O)c1nc(C2(C)CC2)no1. The highest BCUT2D eigenvalue weighted by atomic mass is 16.6. The van der Waals surface area contributed by atoms with Crippen molar-refractivity contribution in [2.75, 3.05) is 7.11 Å². The van der Waals surface area contributed by atoms with Gasteiger partial charge in [0.05, 0.1) is 7.11 Å². The topological polar surface area (TPSA) is 65.2 Å². The lowest BCUT2D eigenvalue weighted by atomic mass is 10.1. The molecule has 0 aliphatic heterocycles. The molecule has 1 aromatic rings. The van der Waals surface area contributed by atoms with E-state index in [1.54, 1.807) is 0 Å². The van der Waals surface area contributed by atoms with E-state index < -0.39 is 5.97 Å². The fourth-order valence-corrected chi connectivity index (χ4v) is 1.05. The van der Waals surface area contributed by atoms with Crippen LogP contribution in [-0.4, -0.2) is 23.2 Å². The van der Waals surface area contributed by atoms with Crippen molar-refractivity contribution in [1.29, 1.82) is 0 Å². The molecule has 0 N–H and O–H groups in total. The van der Waals surface area contributed by atoms with Crippen LogP contribution in [0.4, 0.5) is 0 Å². The molecule has 1 aliphatic carbocycles. The fourth-order valence-electron chi connectivity index (χ4n) is 1.05. The molecule has 2 rings (SSSR count). The second kappa shape index (κ2) is 2.55. The minimum Gasteiger partial charge on any atom is -0.462 e. The maximum absolute atomic E-state index is 11.0. The van der Waals surface area contributed by atoms with Gasteiger partial charge in [-0.25, -0.2) is 4.79 Å². The zero-order chi connectivity index (χ0) is 9.47. The monoisotopic (exact) mass is 182 g/mol. The predicted molar refractivity (Wildman–Crippen MR) is 42.2 cm³/mol. The molecule has 1 fully saturated rings. The Hall–Kier alpha value is -1.39. The molecule has 0 atom stereocenters. The number of carbonyl (C=O) groups is 1. The van der Waals surface area contributed by atoms with Gasteiger partial charge >= 0.3 is 11.9 Å². The van der Waals surface area contributed by atoms with Crippen molar-refractivity contribution in [3.05, 3.63) is 11.7 Å². The number of esters is 1. The maximum atomic E-state index is 11.0. The van der Waals surface area contributed by atoms with Gasteiger partial charge in [-0.3, -0.25) is 0 Å². The molecule has 13 heavy (non-hydrogen) atoms. The highest BCUT2D eigenvalue weighted by molar-refractivity contribution is 5.83. The van der Waals surface area contributed by atoms with E-state index in [4.69, 9.17) is 4.52 Å². The molecule has 1 saturated carbocycles. The lowest BCUT2D eigenvalue weighted by molar-refractivity contribution is 0.0545. The van der Waals surface area contributed by atoms with E-state index in [9.17, 15) is 4.79 Å². The summed E-state index contributed by atoms with van der Waals surface area (Å²) in [7, 11) is 1.28. The van der Waals surface area contributed by atoms with Crippen LogP contribution in [0.1, 0.15) is 36.3 Å². The van der Waals surface area contributed by atoms with Crippen molar-refractivity contribution in [1.82, 2.24) is 10.1 Å². The molecule has 70 valence electrons.